The largest absolute Gasteiger partial charge is 0.356 e. The van der Waals surface area contributed by atoms with E-state index in [2.05, 4.69) is 32.9 Å². The highest BCUT2D eigenvalue weighted by atomic mass is 16.7. The maximum absolute atomic E-state index is 12.5. The van der Waals surface area contributed by atoms with Crippen molar-refractivity contribution in [3.63, 3.8) is 0 Å². The Morgan fingerprint density at radius 3 is 2.84 bits per heavy atom. The smallest absolute Gasteiger partial charge is 0.161 e. The van der Waals surface area contributed by atoms with Gasteiger partial charge in [0, 0.05) is 30.8 Å². The van der Waals surface area contributed by atoms with E-state index in [9.17, 15) is 4.79 Å². The number of hydrogen-bond donors (Lipinski definition) is 0. The topological polar surface area (TPSA) is 35.5 Å². The number of hydrogen-bond acceptors (Lipinski definition) is 3. The van der Waals surface area contributed by atoms with E-state index in [1.807, 2.05) is 0 Å². The van der Waals surface area contributed by atoms with Crippen molar-refractivity contribution in [2.45, 2.75) is 51.9 Å². The molecule has 0 radical (unpaired) electrons. The summed E-state index contributed by atoms with van der Waals surface area (Å²) in [6.45, 7) is 6.61. The van der Waals surface area contributed by atoms with Crippen molar-refractivity contribution in [3.05, 3.63) is 12.2 Å². The van der Waals surface area contributed by atoms with Crippen LogP contribution in [0, 0.1) is 23.2 Å². The Hall–Kier alpha value is -0.670. The molecule has 1 saturated carbocycles. The lowest BCUT2D eigenvalue weighted by Gasteiger charge is -2.64. The molecular formula is C16H24O3. The van der Waals surface area contributed by atoms with Gasteiger partial charge in [0.1, 0.15) is 5.78 Å². The molecule has 0 aromatic carbocycles. The van der Waals surface area contributed by atoms with Crippen molar-refractivity contribution >= 4 is 5.78 Å². The van der Waals surface area contributed by atoms with Crippen molar-refractivity contribution in [2.75, 3.05) is 7.11 Å². The van der Waals surface area contributed by atoms with Gasteiger partial charge in [-0.2, -0.15) is 0 Å². The first-order valence-electron chi connectivity index (χ1n) is 7.37. The summed E-state index contributed by atoms with van der Waals surface area (Å²) in [6, 6.07) is 0. The summed E-state index contributed by atoms with van der Waals surface area (Å²) in [5.74, 6) is 1.05. The molecule has 0 aromatic rings. The molecule has 3 rings (SSSR count). The van der Waals surface area contributed by atoms with Crippen molar-refractivity contribution < 1.29 is 14.3 Å². The molecule has 1 aliphatic heterocycles. The molecule has 3 nitrogen and oxygen atoms in total. The quantitative estimate of drug-likeness (QED) is 0.683. The SMILES string of the molecule is CO[C@@H]1O[C@]23C=CC[C@@H](C)[C@]2(C)[C@@H](C(=O)CC3)[C@H]1C. The summed E-state index contributed by atoms with van der Waals surface area (Å²) < 4.78 is 11.9. The monoisotopic (exact) mass is 264 g/mol. The van der Waals surface area contributed by atoms with E-state index in [0.717, 1.165) is 12.8 Å². The third-order valence-electron chi connectivity index (χ3n) is 6.06. The molecule has 2 fully saturated rings. The van der Waals surface area contributed by atoms with Crippen molar-refractivity contribution in [1.29, 1.82) is 0 Å². The molecule has 2 aliphatic carbocycles. The number of rotatable bonds is 1. The van der Waals surface area contributed by atoms with Gasteiger partial charge in [0.25, 0.3) is 0 Å². The van der Waals surface area contributed by atoms with E-state index >= 15 is 0 Å². The number of carbonyl (C=O) groups is 1. The predicted molar refractivity (Wildman–Crippen MR) is 72.5 cm³/mol. The second kappa shape index (κ2) is 4.16. The van der Waals surface area contributed by atoms with Gasteiger partial charge in [-0.15, -0.1) is 0 Å². The lowest BCUT2D eigenvalue weighted by Crippen LogP contribution is -2.68. The molecule has 106 valence electrons. The molecule has 3 heteroatoms. The predicted octanol–water partition coefficient (Wildman–Crippen LogP) is 2.95. The number of ketones is 1. The van der Waals surface area contributed by atoms with Gasteiger partial charge in [-0.25, -0.2) is 0 Å². The minimum absolute atomic E-state index is 0.0555. The average Bonchev–Trinajstić information content (AvgIpc) is 2.37. The van der Waals surface area contributed by atoms with Crippen LogP contribution in [0.25, 0.3) is 0 Å². The van der Waals surface area contributed by atoms with Crippen LogP contribution in [0.5, 0.6) is 0 Å². The molecule has 2 bridgehead atoms. The molecule has 1 heterocycles. The second-order valence-corrected chi connectivity index (χ2v) is 6.74. The first kappa shape index (κ1) is 13.3. The van der Waals surface area contributed by atoms with Gasteiger partial charge in [-0.1, -0.05) is 32.9 Å². The fourth-order valence-corrected chi connectivity index (χ4v) is 4.82. The summed E-state index contributed by atoms with van der Waals surface area (Å²) in [4.78, 5) is 12.5. The Morgan fingerprint density at radius 2 is 2.16 bits per heavy atom. The Kier molecular flexibility index (Phi) is 2.92. The molecule has 19 heavy (non-hydrogen) atoms. The highest BCUT2D eigenvalue weighted by Crippen LogP contribution is 2.62. The van der Waals surface area contributed by atoms with E-state index < -0.39 is 0 Å². The van der Waals surface area contributed by atoms with Gasteiger partial charge in [-0.3, -0.25) is 4.79 Å². The minimum Gasteiger partial charge on any atom is -0.356 e. The van der Waals surface area contributed by atoms with Crippen molar-refractivity contribution in [1.82, 2.24) is 0 Å². The van der Waals surface area contributed by atoms with Crippen LogP contribution < -0.4 is 0 Å². The summed E-state index contributed by atoms with van der Waals surface area (Å²) in [5.41, 5.74) is -0.401. The van der Waals surface area contributed by atoms with Gasteiger partial charge < -0.3 is 9.47 Å². The summed E-state index contributed by atoms with van der Waals surface area (Å²) in [5, 5.41) is 0. The summed E-state index contributed by atoms with van der Waals surface area (Å²) >= 11 is 0. The maximum Gasteiger partial charge on any atom is 0.161 e. The molecule has 0 unspecified atom stereocenters. The van der Waals surface area contributed by atoms with Crippen LogP contribution >= 0.6 is 0 Å². The van der Waals surface area contributed by atoms with E-state index in [-0.39, 0.29) is 29.1 Å². The third-order valence-corrected chi connectivity index (χ3v) is 6.06. The van der Waals surface area contributed by atoms with E-state index in [1.165, 1.54) is 0 Å². The van der Waals surface area contributed by atoms with Crippen molar-refractivity contribution in [3.8, 4) is 0 Å². The average molecular weight is 264 g/mol. The van der Waals surface area contributed by atoms with Crippen LogP contribution in [0.3, 0.4) is 0 Å². The molecule has 0 aromatic heterocycles. The Labute approximate surface area is 115 Å². The van der Waals surface area contributed by atoms with Gasteiger partial charge in [0.15, 0.2) is 6.29 Å². The molecule has 0 N–H and O–H groups in total. The number of methoxy groups -OCH3 is 1. The van der Waals surface area contributed by atoms with Gasteiger partial charge in [0.05, 0.1) is 5.60 Å². The zero-order valence-corrected chi connectivity index (χ0v) is 12.3. The van der Waals surface area contributed by atoms with Gasteiger partial charge >= 0.3 is 0 Å². The molecule has 0 spiro atoms. The van der Waals surface area contributed by atoms with Crippen LogP contribution in [-0.4, -0.2) is 24.8 Å². The van der Waals surface area contributed by atoms with E-state index in [1.54, 1.807) is 7.11 Å². The van der Waals surface area contributed by atoms with Crippen LogP contribution in [0.4, 0.5) is 0 Å². The normalized spacial score (nSPS) is 52.9. The van der Waals surface area contributed by atoms with Gasteiger partial charge in [-0.05, 0) is 18.8 Å². The van der Waals surface area contributed by atoms with Crippen molar-refractivity contribution in [2.24, 2.45) is 23.2 Å². The minimum atomic E-state index is -0.309. The standard InChI is InChI=1S/C16H24O3/c1-10-6-5-8-16-9-7-12(17)13(15(10,16)3)11(2)14(18-4)19-16/h5,8,10-11,13-14H,6-7,9H2,1-4H3/t10-,11-,13-,14-,15-,16+/m1/s1. The summed E-state index contributed by atoms with van der Waals surface area (Å²) in [6.07, 6.45) is 6.64. The Balaban J connectivity index is 2.15. The molecule has 6 atom stereocenters. The maximum atomic E-state index is 12.5. The lowest BCUT2D eigenvalue weighted by molar-refractivity contribution is -0.313. The third kappa shape index (κ3) is 1.49. The number of carbonyl (C=O) groups excluding carboxylic acids is 1. The highest BCUT2D eigenvalue weighted by Gasteiger charge is 2.66. The fraction of sp³-hybridized carbons (Fsp3) is 0.812. The number of allylic oxidation sites excluding steroid dienone is 1. The Morgan fingerprint density at radius 1 is 1.42 bits per heavy atom. The van der Waals surface area contributed by atoms with E-state index in [0.29, 0.717) is 18.1 Å². The molecule has 0 amide bonds. The zero-order chi connectivity index (χ0) is 13.8. The lowest BCUT2D eigenvalue weighted by atomic mass is 9.47. The second-order valence-electron chi connectivity index (χ2n) is 6.74. The first-order valence-corrected chi connectivity index (χ1v) is 7.37. The van der Waals surface area contributed by atoms with E-state index in [4.69, 9.17) is 9.47 Å². The van der Waals surface area contributed by atoms with Gasteiger partial charge in [0.2, 0.25) is 0 Å². The molecule has 1 saturated heterocycles. The Bertz CT molecular complexity index is 430. The number of Topliss-reactive ketones (excluding diaryl/α,β-unsaturated/α-hetero) is 1. The van der Waals surface area contributed by atoms with Crippen LogP contribution in [0.15, 0.2) is 12.2 Å². The summed E-state index contributed by atoms with van der Waals surface area (Å²) in [7, 11) is 1.68. The van der Waals surface area contributed by atoms with Crippen LogP contribution in [-0.2, 0) is 14.3 Å². The molecule has 3 aliphatic rings. The van der Waals surface area contributed by atoms with Crippen LogP contribution in [0.2, 0.25) is 0 Å². The van der Waals surface area contributed by atoms with Crippen LogP contribution in [0.1, 0.15) is 40.0 Å². The zero-order valence-electron chi connectivity index (χ0n) is 12.3. The molecular weight excluding hydrogens is 240 g/mol. The first-order chi connectivity index (χ1) is 8.96. The number of ether oxygens (including phenoxy) is 2. The highest BCUT2D eigenvalue weighted by molar-refractivity contribution is 5.84. The fourth-order valence-electron chi connectivity index (χ4n) is 4.82.